The third-order valence-electron chi connectivity index (χ3n) is 5.69. The molecule has 0 aliphatic heterocycles. The van der Waals surface area contributed by atoms with Gasteiger partial charge in [-0.05, 0) is 74.1 Å². The van der Waals surface area contributed by atoms with Crippen molar-refractivity contribution >= 4 is 11.4 Å². The highest BCUT2D eigenvalue weighted by molar-refractivity contribution is 5.43. The van der Waals surface area contributed by atoms with E-state index in [9.17, 15) is 0 Å². The molecular formula is C29H42N2O. The van der Waals surface area contributed by atoms with Crippen LogP contribution in [0.3, 0.4) is 0 Å². The fourth-order valence-corrected chi connectivity index (χ4v) is 3.67. The molecule has 0 atom stereocenters. The maximum atomic E-state index is 5.78. The van der Waals surface area contributed by atoms with Gasteiger partial charge in [0.1, 0.15) is 5.75 Å². The summed E-state index contributed by atoms with van der Waals surface area (Å²) in [4.78, 5) is 0. The molecule has 0 saturated carbocycles. The van der Waals surface area contributed by atoms with Crippen LogP contribution in [0, 0.1) is 0 Å². The van der Waals surface area contributed by atoms with Crippen LogP contribution >= 0.6 is 0 Å². The molecule has 3 heteroatoms. The first-order valence-corrected chi connectivity index (χ1v) is 12.7. The zero-order valence-corrected chi connectivity index (χ0v) is 20.1. The molecule has 0 radical (unpaired) electrons. The monoisotopic (exact) mass is 434 g/mol. The predicted octanol–water partition coefficient (Wildman–Crippen LogP) is 9.91. The van der Waals surface area contributed by atoms with Gasteiger partial charge in [0.05, 0.1) is 18.0 Å². The number of hydrogen-bond donors (Lipinski definition) is 0. The van der Waals surface area contributed by atoms with Gasteiger partial charge < -0.3 is 4.74 Å². The number of nitrogens with zero attached hydrogens (tertiary/aromatic N) is 2. The fourth-order valence-electron chi connectivity index (χ4n) is 3.67. The van der Waals surface area contributed by atoms with Crippen LogP contribution in [0.5, 0.6) is 5.75 Å². The second-order valence-corrected chi connectivity index (χ2v) is 8.57. The molecule has 2 aromatic carbocycles. The maximum absolute atomic E-state index is 5.78. The van der Waals surface area contributed by atoms with E-state index in [1.54, 1.807) is 0 Å². The Morgan fingerprint density at radius 3 is 1.88 bits per heavy atom. The summed E-state index contributed by atoms with van der Waals surface area (Å²) in [7, 11) is 0. The fraction of sp³-hybridized carbons (Fsp3) is 0.517. The van der Waals surface area contributed by atoms with Crippen molar-refractivity contribution in [2.45, 2.75) is 90.4 Å². The van der Waals surface area contributed by atoms with Crippen molar-refractivity contribution in [1.29, 1.82) is 0 Å². The molecule has 0 heterocycles. The predicted molar refractivity (Wildman–Crippen MR) is 138 cm³/mol. The lowest BCUT2D eigenvalue weighted by atomic mass is 10.0. The van der Waals surface area contributed by atoms with Gasteiger partial charge in [-0.1, -0.05) is 76.5 Å². The van der Waals surface area contributed by atoms with Crippen molar-refractivity contribution in [3.63, 3.8) is 0 Å². The molecule has 3 nitrogen and oxygen atoms in total. The molecule has 32 heavy (non-hydrogen) atoms. The summed E-state index contributed by atoms with van der Waals surface area (Å²) in [5, 5.41) is 8.73. The molecular weight excluding hydrogens is 392 g/mol. The van der Waals surface area contributed by atoms with E-state index in [2.05, 4.69) is 48.0 Å². The Morgan fingerprint density at radius 2 is 1.25 bits per heavy atom. The normalized spacial score (nSPS) is 11.2. The van der Waals surface area contributed by atoms with Crippen LogP contribution in [0.1, 0.15) is 89.5 Å². The molecule has 2 rings (SSSR count). The van der Waals surface area contributed by atoms with E-state index in [0.717, 1.165) is 43.0 Å². The van der Waals surface area contributed by atoms with Crippen LogP contribution in [0.4, 0.5) is 11.4 Å². The van der Waals surface area contributed by atoms with Crippen LogP contribution in [0.25, 0.3) is 0 Å². The Morgan fingerprint density at radius 1 is 0.688 bits per heavy atom. The van der Waals surface area contributed by atoms with Gasteiger partial charge in [0.25, 0.3) is 0 Å². The van der Waals surface area contributed by atoms with Crippen LogP contribution in [-0.2, 0) is 6.42 Å². The van der Waals surface area contributed by atoms with Crippen molar-refractivity contribution in [3.05, 3.63) is 66.7 Å². The Bertz CT molecular complexity index is 750. The highest BCUT2D eigenvalue weighted by Crippen LogP contribution is 2.22. The molecule has 0 unspecified atom stereocenters. The number of hydrogen-bond acceptors (Lipinski definition) is 3. The highest BCUT2D eigenvalue weighted by Gasteiger charge is 1.98. The molecule has 2 aromatic rings. The van der Waals surface area contributed by atoms with E-state index in [1.165, 1.54) is 69.8 Å². The number of rotatable bonds is 18. The van der Waals surface area contributed by atoms with E-state index in [4.69, 9.17) is 4.74 Å². The summed E-state index contributed by atoms with van der Waals surface area (Å²) < 4.78 is 5.78. The SMILES string of the molecule is C=CCCCCCCCCCc1ccc(N=Nc2ccc(OCCCCCC)cc2)cc1. The second kappa shape index (κ2) is 17.2. The maximum Gasteiger partial charge on any atom is 0.119 e. The molecule has 174 valence electrons. The van der Waals surface area contributed by atoms with Gasteiger partial charge in [0, 0.05) is 0 Å². The number of ether oxygens (including phenoxy) is 1. The van der Waals surface area contributed by atoms with Gasteiger partial charge in [-0.15, -0.1) is 6.58 Å². The minimum absolute atomic E-state index is 0.781. The van der Waals surface area contributed by atoms with Gasteiger partial charge in [0.15, 0.2) is 0 Å². The molecule has 0 fully saturated rings. The van der Waals surface area contributed by atoms with Crippen molar-refractivity contribution in [1.82, 2.24) is 0 Å². The first-order valence-electron chi connectivity index (χ1n) is 12.7. The minimum Gasteiger partial charge on any atom is -0.494 e. The largest absolute Gasteiger partial charge is 0.494 e. The van der Waals surface area contributed by atoms with Gasteiger partial charge in [0.2, 0.25) is 0 Å². The van der Waals surface area contributed by atoms with Gasteiger partial charge in [-0.25, -0.2) is 0 Å². The van der Waals surface area contributed by atoms with E-state index in [0.29, 0.717) is 0 Å². The van der Waals surface area contributed by atoms with E-state index in [1.807, 2.05) is 30.3 Å². The minimum atomic E-state index is 0.781. The van der Waals surface area contributed by atoms with Crippen LogP contribution in [0.15, 0.2) is 71.4 Å². The zero-order chi connectivity index (χ0) is 22.7. The average Bonchev–Trinajstić information content (AvgIpc) is 2.83. The van der Waals surface area contributed by atoms with E-state index >= 15 is 0 Å². The Hall–Kier alpha value is -2.42. The molecule has 0 aromatic heterocycles. The number of azo groups is 1. The number of aryl methyl sites for hydroxylation is 1. The van der Waals surface area contributed by atoms with Gasteiger partial charge >= 0.3 is 0 Å². The quantitative estimate of drug-likeness (QED) is 0.130. The first kappa shape index (κ1) is 25.8. The molecule has 0 aliphatic carbocycles. The number of unbranched alkanes of at least 4 members (excludes halogenated alkanes) is 10. The van der Waals surface area contributed by atoms with Crippen molar-refractivity contribution in [2.75, 3.05) is 6.61 Å². The summed E-state index contributed by atoms with van der Waals surface area (Å²) in [5.74, 6) is 0.900. The summed E-state index contributed by atoms with van der Waals surface area (Å²) in [6.07, 6.45) is 18.5. The lowest BCUT2D eigenvalue weighted by molar-refractivity contribution is 0.305. The number of allylic oxidation sites excluding steroid dienone is 1. The summed E-state index contributed by atoms with van der Waals surface area (Å²) in [5.41, 5.74) is 3.12. The Kier molecular flexibility index (Phi) is 13.9. The molecule has 0 saturated heterocycles. The lowest BCUT2D eigenvalue weighted by Gasteiger charge is -2.05. The Balaban J connectivity index is 1.62. The molecule has 0 aliphatic rings. The molecule has 0 bridgehead atoms. The van der Waals surface area contributed by atoms with E-state index in [-0.39, 0.29) is 0 Å². The van der Waals surface area contributed by atoms with Crippen molar-refractivity contribution in [3.8, 4) is 5.75 Å². The van der Waals surface area contributed by atoms with Gasteiger partial charge in [-0.3, -0.25) is 0 Å². The third-order valence-corrected chi connectivity index (χ3v) is 5.69. The third kappa shape index (κ3) is 11.8. The van der Waals surface area contributed by atoms with Crippen LogP contribution in [-0.4, -0.2) is 6.61 Å². The smallest absolute Gasteiger partial charge is 0.119 e. The van der Waals surface area contributed by atoms with Crippen molar-refractivity contribution in [2.24, 2.45) is 10.2 Å². The standard InChI is InChI=1S/C29H42N2O/c1-3-5-7-9-10-11-12-13-14-16-26-17-19-27(20-18-26)30-31-28-21-23-29(24-22-28)32-25-15-8-6-4-2/h3,17-24H,1,4-16,25H2,2H3. The highest BCUT2D eigenvalue weighted by atomic mass is 16.5. The molecule has 0 amide bonds. The molecule has 0 spiro atoms. The number of benzene rings is 2. The molecule has 0 N–H and O–H groups in total. The van der Waals surface area contributed by atoms with E-state index < -0.39 is 0 Å². The average molecular weight is 435 g/mol. The second-order valence-electron chi connectivity index (χ2n) is 8.57. The summed E-state index contributed by atoms with van der Waals surface area (Å²) in [6, 6.07) is 16.3. The topological polar surface area (TPSA) is 34.0 Å². The van der Waals surface area contributed by atoms with Crippen molar-refractivity contribution < 1.29 is 4.74 Å². The lowest BCUT2D eigenvalue weighted by Crippen LogP contribution is -1.96. The van der Waals surface area contributed by atoms with Gasteiger partial charge in [-0.2, -0.15) is 10.2 Å². The zero-order valence-electron chi connectivity index (χ0n) is 20.1. The van der Waals surface area contributed by atoms with Crippen LogP contribution in [0.2, 0.25) is 0 Å². The summed E-state index contributed by atoms with van der Waals surface area (Å²) in [6.45, 7) is 6.78. The first-order chi connectivity index (χ1) is 15.8. The Labute approximate surface area is 196 Å². The van der Waals surface area contributed by atoms with Crippen LogP contribution < -0.4 is 4.74 Å². The summed E-state index contributed by atoms with van der Waals surface area (Å²) >= 11 is 0.